The van der Waals surface area contributed by atoms with Crippen molar-refractivity contribution in [1.82, 2.24) is 4.98 Å². The van der Waals surface area contributed by atoms with Crippen molar-refractivity contribution < 1.29 is 9.53 Å². The molecular weight excluding hydrogens is 302 g/mol. The van der Waals surface area contributed by atoms with Gasteiger partial charge in [0.15, 0.2) is 0 Å². The molecule has 5 heteroatoms. The maximum absolute atomic E-state index is 11.3. The predicted octanol–water partition coefficient (Wildman–Crippen LogP) is 3.59. The normalized spacial score (nSPS) is 10.7. The van der Waals surface area contributed by atoms with Gasteiger partial charge in [0, 0.05) is 26.5 Å². The molecule has 0 amide bonds. The molecule has 0 spiro atoms. The van der Waals surface area contributed by atoms with E-state index in [2.05, 4.69) is 20.9 Å². The molecule has 90 valence electrons. The molecule has 1 aromatic carbocycles. The summed E-state index contributed by atoms with van der Waals surface area (Å²) in [6.07, 6.45) is 1.90. The first-order chi connectivity index (χ1) is 8.22. The van der Waals surface area contributed by atoms with Gasteiger partial charge in [-0.2, -0.15) is 0 Å². The molecule has 0 atom stereocenters. The summed E-state index contributed by atoms with van der Waals surface area (Å²) in [6.45, 7) is 2.24. The number of H-pyrrole nitrogens is 1. The van der Waals surface area contributed by atoms with E-state index in [9.17, 15) is 4.79 Å². The van der Waals surface area contributed by atoms with Crippen LogP contribution in [0, 0.1) is 0 Å². The Morgan fingerprint density at radius 3 is 3.06 bits per heavy atom. The molecular formula is C12H12BrNO2S. The lowest BCUT2D eigenvalue weighted by molar-refractivity contribution is -0.139. The van der Waals surface area contributed by atoms with E-state index in [0.717, 1.165) is 20.3 Å². The zero-order valence-electron chi connectivity index (χ0n) is 9.33. The highest BCUT2D eigenvalue weighted by atomic mass is 79.9. The molecule has 0 bridgehead atoms. The lowest BCUT2D eigenvalue weighted by Crippen LogP contribution is -2.06. The maximum atomic E-state index is 11.3. The highest BCUT2D eigenvalue weighted by Gasteiger charge is 2.09. The van der Waals surface area contributed by atoms with Crippen LogP contribution in [0.25, 0.3) is 10.9 Å². The summed E-state index contributed by atoms with van der Waals surface area (Å²) in [5.41, 5.74) is 1.08. The van der Waals surface area contributed by atoms with Crippen molar-refractivity contribution in [3.05, 3.63) is 28.9 Å². The van der Waals surface area contributed by atoms with Gasteiger partial charge in [-0.05, 0) is 41.1 Å². The molecule has 0 fully saturated rings. The number of aromatic amines is 1. The first-order valence-corrected chi connectivity index (χ1v) is 7.04. The zero-order chi connectivity index (χ0) is 12.3. The number of ether oxygens (including phenoxy) is 1. The van der Waals surface area contributed by atoms with Gasteiger partial charge < -0.3 is 9.72 Å². The molecule has 0 saturated heterocycles. The summed E-state index contributed by atoms with van der Waals surface area (Å²) in [7, 11) is 0. The van der Waals surface area contributed by atoms with E-state index < -0.39 is 0 Å². The van der Waals surface area contributed by atoms with Gasteiger partial charge in [0.05, 0.1) is 12.4 Å². The topological polar surface area (TPSA) is 42.1 Å². The first kappa shape index (κ1) is 12.5. The van der Waals surface area contributed by atoms with Crippen LogP contribution in [0.5, 0.6) is 0 Å². The Balaban J connectivity index is 2.13. The summed E-state index contributed by atoms with van der Waals surface area (Å²) in [6, 6.07) is 6.01. The summed E-state index contributed by atoms with van der Waals surface area (Å²) in [5, 5.41) is 1.12. The molecule has 0 unspecified atom stereocenters. The zero-order valence-corrected chi connectivity index (χ0v) is 11.7. The van der Waals surface area contributed by atoms with Crippen molar-refractivity contribution >= 4 is 44.6 Å². The minimum Gasteiger partial charge on any atom is -0.465 e. The molecule has 17 heavy (non-hydrogen) atoms. The van der Waals surface area contributed by atoms with Crippen molar-refractivity contribution in [3.63, 3.8) is 0 Å². The molecule has 2 aromatic rings. The Morgan fingerprint density at radius 1 is 1.47 bits per heavy atom. The number of benzene rings is 1. The van der Waals surface area contributed by atoms with Crippen LogP contribution in [0.2, 0.25) is 0 Å². The molecule has 1 aromatic heterocycles. The molecule has 3 nitrogen and oxygen atoms in total. The van der Waals surface area contributed by atoms with E-state index in [1.165, 1.54) is 11.8 Å². The standard InChI is InChI=1S/C12H12BrNO2S/c1-2-16-11(15)7-17-10-4-3-9-8(12(10)13)5-6-14-9/h3-6,14H,2,7H2,1H3. The average Bonchev–Trinajstić information content (AvgIpc) is 2.77. The second-order valence-electron chi connectivity index (χ2n) is 3.41. The predicted molar refractivity (Wildman–Crippen MR) is 73.4 cm³/mol. The minimum absolute atomic E-state index is 0.182. The SMILES string of the molecule is CCOC(=O)CSc1ccc2[nH]ccc2c1Br. The highest BCUT2D eigenvalue weighted by molar-refractivity contribution is 9.10. The third-order valence-corrected chi connectivity index (χ3v) is 4.43. The second kappa shape index (κ2) is 5.60. The van der Waals surface area contributed by atoms with Crippen LogP contribution >= 0.6 is 27.7 Å². The molecule has 0 radical (unpaired) electrons. The monoisotopic (exact) mass is 313 g/mol. The van der Waals surface area contributed by atoms with Crippen LogP contribution in [0.4, 0.5) is 0 Å². The van der Waals surface area contributed by atoms with Crippen molar-refractivity contribution in [2.24, 2.45) is 0 Å². The van der Waals surface area contributed by atoms with Crippen molar-refractivity contribution in [2.45, 2.75) is 11.8 Å². The average molecular weight is 314 g/mol. The van der Waals surface area contributed by atoms with Crippen LogP contribution < -0.4 is 0 Å². The molecule has 1 heterocycles. The number of carbonyl (C=O) groups excluding carboxylic acids is 1. The number of carbonyl (C=O) groups is 1. The third kappa shape index (κ3) is 2.84. The van der Waals surface area contributed by atoms with Crippen molar-refractivity contribution in [1.29, 1.82) is 0 Å². The number of fused-ring (bicyclic) bond motifs is 1. The van der Waals surface area contributed by atoms with Gasteiger partial charge >= 0.3 is 5.97 Å². The molecule has 0 aliphatic heterocycles. The number of aromatic nitrogens is 1. The molecule has 0 aliphatic carbocycles. The van der Waals surface area contributed by atoms with E-state index >= 15 is 0 Å². The highest BCUT2D eigenvalue weighted by Crippen LogP contribution is 2.33. The Morgan fingerprint density at radius 2 is 2.29 bits per heavy atom. The third-order valence-electron chi connectivity index (χ3n) is 2.28. The van der Waals surface area contributed by atoms with E-state index in [-0.39, 0.29) is 5.97 Å². The van der Waals surface area contributed by atoms with Gasteiger partial charge in [-0.1, -0.05) is 0 Å². The van der Waals surface area contributed by atoms with E-state index in [1.807, 2.05) is 31.3 Å². The Bertz CT molecular complexity index is 538. The van der Waals surface area contributed by atoms with Crippen LogP contribution in [0.15, 0.2) is 33.8 Å². The summed E-state index contributed by atoms with van der Waals surface area (Å²) in [5.74, 6) is 0.154. The number of esters is 1. The van der Waals surface area contributed by atoms with Crippen LogP contribution in [-0.2, 0) is 9.53 Å². The molecule has 2 rings (SSSR count). The van der Waals surface area contributed by atoms with Gasteiger partial charge in [-0.15, -0.1) is 11.8 Å². The molecule has 0 aliphatic rings. The number of halogens is 1. The van der Waals surface area contributed by atoms with E-state index in [1.54, 1.807) is 0 Å². The van der Waals surface area contributed by atoms with Crippen molar-refractivity contribution in [3.8, 4) is 0 Å². The van der Waals surface area contributed by atoms with Gasteiger partial charge in [-0.3, -0.25) is 4.79 Å². The summed E-state index contributed by atoms with van der Waals surface area (Å²) in [4.78, 5) is 15.5. The minimum atomic E-state index is -0.182. The summed E-state index contributed by atoms with van der Waals surface area (Å²) >= 11 is 5.04. The number of rotatable bonds is 4. The number of hydrogen-bond donors (Lipinski definition) is 1. The summed E-state index contributed by atoms with van der Waals surface area (Å²) < 4.78 is 5.91. The van der Waals surface area contributed by atoms with Gasteiger partial charge in [-0.25, -0.2) is 0 Å². The Hall–Kier alpha value is -0.940. The van der Waals surface area contributed by atoms with Gasteiger partial charge in [0.2, 0.25) is 0 Å². The molecule has 0 saturated carbocycles. The quantitative estimate of drug-likeness (QED) is 0.693. The van der Waals surface area contributed by atoms with Crippen LogP contribution in [0.1, 0.15) is 6.92 Å². The fourth-order valence-corrected chi connectivity index (χ4v) is 3.11. The smallest absolute Gasteiger partial charge is 0.316 e. The second-order valence-corrected chi connectivity index (χ2v) is 5.22. The number of hydrogen-bond acceptors (Lipinski definition) is 3. The first-order valence-electron chi connectivity index (χ1n) is 5.26. The van der Waals surface area contributed by atoms with Crippen LogP contribution in [0.3, 0.4) is 0 Å². The number of nitrogens with one attached hydrogen (secondary N) is 1. The lowest BCUT2D eigenvalue weighted by Gasteiger charge is -2.05. The lowest BCUT2D eigenvalue weighted by atomic mass is 10.2. The van der Waals surface area contributed by atoms with Gasteiger partial charge in [0.1, 0.15) is 0 Å². The molecule has 1 N–H and O–H groups in total. The van der Waals surface area contributed by atoms with Crippen molar-refractivity contribution in [2.75, 3.05) is 12.4 Å². The fraction of sp³-hybridized carbons (Fsp3) is 0.250. The fourth-order valence-electron chi connectivity index (χ4n) is 1.53. The maximum Gasteiger partial charge on any atom is 0.316 e. The number of thioether (sulfide) groups is 1. The van der Waals surface area contributed by atoms with E-state index in [4.69, 9.17) is 4.74 Å². The largest absolute Gasteiger partial charge is 0.465 e. The Labute approximate surface area is 112 Å². The van der Waals surface area contributed by atoms with E-state index in [0.29, 0.717) is 12.4 Å². The van der Waals surface area contributed by atoms with Gasteiger partial charge in [0.25, 0.3) is 0 Å². The van der Waals surface area contributed by atoms with Crippen LogP contribution in [-0.4, -0.2) is 23.3 Å². The Kier molecular flexibility index (Phi) is 4.12.